The maximum atomic E-state index is 12.5. The summed E-state index contributed by atoms with van der Waals surface area (Å²) < 4.78 is 0. The van der Waals surface area contributed by atoms with Crippen LogP contribution in [0.3, 0.4) is 0 Å². The quantitative estimate of drug-likeness (QED) is 0.467. The van der Waals surface area contributed by atoms with Crippen LogP contribution < -0.4 is 5.32 Å². The van der Waals surface area contributed by atoms with Gasteiger partial charge >= 0.3 is 0 Å². The monoisotopic (exact) mass is 418 g/mol. The predicted molar refractivity (Wildman–Crippen MR) is 126 cm³/mol. The fraction of sp³-hybridized carbons (Fsp3) is 0.308. The lowest BCUT2D eigenvalue weighted by molar-refractivity contribution is -0.111. The van der Waals surface area contributed by atoms with Crippen molar-refractivity contribution in [2.45, 2.75) is 45.4 Å². The van der Waals surface area contributed by atoms with Gasteiger partial charge in [0.25, 0.3) is 0 Å². The summed E-state index contributed by atoms with van der Waals surface area (Å²) in [6, 6.07) is 14.1. The molecular formula is C26H27ClN2O. The number of rotatable bonds is 3. The largest absolute Gasteiger partial charge is 0.320 e. The number of para-hydroxylation sites is 1. The van der Waals surface area contributed by atoms with E-state index < -0.39 is 0 Å². The molecule has 0 spiro atoms. The van der Waals surface area contributed by atoms with Gasteiger partial charge in [0, 0.05) is 11.5 Å². The lowest BCUT2D eigenvalue weighted by atomic mass is 9.64. The van der Waals surface area contributed by atoms with E-state index in [1.54, 1.807) is 12.3 Å². The van der Waals surface area contributed by atoms with Gasteiger partial charge in [0.1, 0.15) is 0 Å². The van der Waals surface area contributed by atoms with Crippen molar-refractivity contribution in [2.75, 3.05) is 5.32 Å². The lowest BCUT2D eigenvalue weighted by Gasteiger charge is -2.40. The molecule has 2 atom stereocenters. The molecule has 0 saturated heterocycles. The van der Waals surface area contributed by atoms with Gasteiger partial charge in [-0.25, -0.2) is 0 Å². The highest BCUT2D eigenvalue weighted by atomic mass is 35.5. The number of carbonyl (C=O) groups excluding carboxylic acids is 1. The number of pyridine rings is 1. The van der Waals surface area contributed by atoms with Crippen LogP contribution in [-0.4, -0.2) is 10.9 Å². The van der Waals surface area contributed by atoms with E-state index in [-0.39, 0.29) is 11.3 Å². The highest BCUT2D eigenvalue weighted by Crippen LogP contribution is 2.45. The van der Waals surface area contributed by atoms with Gasteiger partial charge in [0.15, 0.2) is 0 Å². The van der Waals surface area contributed by atoms with E-state index in [4.69, 9.17) is 11.6 Å². The van der Waals surface area contributed by atoms with Gasteiger partial charge in [-0.3, -0.25) is 9.78 Å². The number of hydrogen-bond donors (Lipinski definition) is 1. The number of aromatic nitrogens is 1. The number of amides is 1. The molecule has 1 aliphatic rings. The zero-order chi connectivity index (χ0) is 21.5. The molecule has 1 aromatic heterocycles. The third kappa shape index (κ3) is 3.87. The van der Waals surface area contributed by atoms with Gasteiger partial charge in [-0.15, -0.1) is 0 Å². The Kier molecular flexibility index (Phi) is 5.42. The second kappa shape index (κ2) is 7.88. The standard InChI is InChI=1S/C26H27ClN2O/c1-16-14-26(3,4)21-13-18(9-11-19(21)17(16)2)10-12-24(30)29-23-15-28-22-8-6-5-7-20(22)25(23)27/h5-13,15-17H,14H2,1-4H3,(H,29,30). The summed E-state index contributed by atoms with van der Waals surface area (Å²) in [7, 11) is 0. The van der Waals surface area contributed by atoms with Crippen LogP contribution in [-0.2, 0) is 10.2 Å². The van der Waals surface area contributed by atoms with Crippen LogP contribution in [0.4, 0.5) is 5.69 Å². The predicted octanol–water partition coefficient (Wildman–Crippen LogP) is 6.96. The van der Waals surface area contributed by atoms with E-state index in [0.29, 0.717) is 22.5 Å². The topological polar surface area (TPSA) is 42.0 Å². The maximum absolute atomic E-state index is 12.5. The molecule has 1 amide bonds. The SMILES string of the molecule is CC1CC(C)(C)c2cc(C=CC(=O)Nc3cnc4ccccc4c3Cl)ccc2C1C. The molecule has 0 fully saturated rings. The second-order valence-electron chi connectivity index (χ2n) is 9.03. The van der Waals surface area contributed by atoms with Gasteiger partial charge in [0.05, 0.1) is 22.4 Å². The van der Waals surface area contributed by atoms with Crippen molar-refractivity contribution in [1.82, 2.24) is 4.98 Å². The van der Waals surface area contributed by atoms with Crippen LogP contribution in [0.5, 0.6) is 0 Å². The first-order valence-electron chi connectivity index (χ1n) is 10.4. The molecule has 0 bridgehead atoms. The molecule has 0 saturated carbocycles. The van der Waals surface area contributed by atoms with Gasteiger partial charge in [-0.1, -0.05) is 75.7 Å². The Morgan fingerprint density at radius 3 is 2.77 bits per heavy atom. The molecule has 4 rings (SSSR count). The fourth-order valence-electron chi connectivity index (χ4n) is 4.60. The van der Waals surface area contributed by atoms with E-state index >= 15 is 0 Å². The summed E-state index contributed by atoms with van der Waals surface area (Å²) in [4.78, 5) is 16.9. The van der Waals surface area contributed by atoms with E-state index in [1.165, 1.54) is 17.5 Å². The van der Waals surface area contributed by atoms with Crippen LogP contribution in [0.15, 0.2) is 54.7 Å². The Morgan fingerprint density at radius 2 is 1.97 bits per heavy atom. The first-order chi connectivity index (χ1) is 14.3. The summed E-state index contributed by atoms with van der Waals surface area (Å²) in [5.41, 5.74) is 5.29. The second-order valence-corrected chi connectivity index (χ2v) is 9.40. The van der Waals surface area contributed by atoms with Crippen molar-refractivity contribution in [3.8, 4) is 0 Å². The number of carbonyl (C=O) groups is 1. The zero-order valence-corrected chi connectivity index (χ0v) is 18.6. The van der Waals surface area contributed by atoms with Gasteiger partial charge in [-0.2, -0.15) is 0 Å². The number of anilines is 1. The molecule has 1 heterocycles. The Labute approximate surface area is 183 Å². The lowest BCUT2D eigenvalue weighted by Crippen LogP contribution is -2.30. The molecule has 154 valence electrons. The minimum Gasteiger partial charge on any atom is -0.320 e. The van der Waals surface area contributed by atoms with Crippen LogP contribution >= 0.6 is 11.6 Å². The molecule has 0 radical (unpaired) electrons. The molecular weight excluding hydrogens is 392 g/mol. The summed E-state index contributed by atoms with van der Waals surface area (Å²) in [5.74, 6) is 0.991. The third-order valence-corrected chi connectivity index (χ3v) is 6.78. The van der Waals surface area contributed by atoms with Crippen molar-refractivity contribution in [2.24, 2.45) is 5.92 Å². The molecule has 30 heavy (non-hydrogen) atoms. The van der Waals surface area contributed by atoms with Crippen LogP contribution in [0, 0.1) is 5.92 Å². The van der Waals surface area contributed by atoms with Crippen molar-refractivity contribution in [3.05, 3.63) is 76.5 Å². The minimum absolute atomic E-state index is 0.137. The van der Waals surface area contributed by atoms with E-state index in [0.717, 1.165) is 16.5 Å². The van der Waals surface area contributed by atoms with Gasteiger partial charge in [-0.05, 0) is 52.5 Å². The van der Waals surface area contributed by atoms with E-state index in [9.17, 15) is 4.79 Å². The van der Waals surface area contributed by atoms with Gasteiger partial charge in [0.2, 0.25) is 5.91 Å². The first kappa shape index (κ1) is 20.6. The molecule has 0 aliphatic heterocycles. The number of hydrogen-bond acceptors (Lipinski definition) is 2. The average Bonchev–Trinajstić information content (AvgIpc) is 2.72. The Bertz CT molecular complexity index is 1150. The average molecular weight is 419 g/mol. The van der Waals surface area contributed by atoms with Crippen molar-refractivity contribution in [1.29, 1.82) is 0 Å². The highest BCUT2D eigenvalue weighted by molar-refractivity contribution is 6.38. The molecule has 2 aromatic carbocycles. The Hall–Kier alpha value is -2.65. The maximum Gasteiger partial charge on any atom is 0.248 e. The minimum atomic E-state index is -0.229. The number of halogens is 1. The fourth-order valence-corrected chi connectivity index (χ4v) is 4.86. The van der Waals surface area contributed by atoms with E-state index in [2.05, 4.69) is 56.2 Å². The normalized spacial score (nSPS) is 20.3. The van der Waals surface area contributed by atoms with Gasteiger partial charge < -0.3 is 5.32 Å². The third-order valence-electron chi connectivity index (χ3n) is 6.38. The molecule has 2 unspecified atom stereocenters. The van der Waals surface area contributed by atoms with Crippen LogP contribution in [0.1, 0.15) is 56.7 Å². The molecule has 1 aliphatic carbocycles. The van der Waals surface area contributed by atoms with Crippen LogP contribution in [0.25, 0.3) is 17.0 Å². The van der Waals surface area contributed by atoms with Crippen LogP contribution in [0.2, 0.25) is 5.02 Å². The smallest absolute Gasteiger partial charge is 0.248 e. The highest BCUT2D eigenvalue weighted by Gasteiger charge is 2.35. The van der Waals surface area contributed by atoms with Crippen molar-refractivity contribution < 1.29 is 4.79 Å². The molecule has 4 heteroatoms. The van der Waals surface area contributed by atoms with Crippen molar-refractivity contribution >= 4 is 40.2 Å². The number of benzene rings is 2. The molecule has 1 N–H and O–H groups in total. The zero-order valence-electron chi connectivity index (χ0n) is 17.9. The molecule has 3 aromatic rings. The summed E-state index contributed by atoms with van der Waals surface area (Å²) >= 11 is 6.46. The summed E-state index contributed by atoms with van der Waals surface area (Å²) in [6.07, 6.45) is 6.18. The summed E-state index contributed by atoms with van der Waals surface area (Å²) in [5, 5.41) is 4.17. The first-order valence-corrected chi connectivity index (χ1v) is 10.8. The van der Waals surface area contributed by atoms with Crippen molar-refractivity contribution in [3.63, 3.8) is 0 Å². The number of fused-ring (bicyclic) bond motifs is 2. The Balaban J connectivity index is 1.55. The summed E-state index contributed by atoms with van der Waals surface area (Å²) in [6.45, 7) is 9.26. The Morgan fingerprint density at radius 1 is 1.20 bits per heavy atom. The number of nitrogens with zero attached hydrogens (tertiary/aromatic N) is 1. The molecule has 3 nitrogen and oxygen atoms in total. The van der Waals surface area contributed by atoms with E-state index in [1.807, 2.05) is 30.3 Å². The number of nitrogens with one attached hydrogen (secondary N) is 1.